The summed E-state index contributed by atoms with van der Waals surface area (Å²) >= 11 is 0. The minimum Gasteiger partial charge on any atom is -0.391 e. The summed E-state index contributed by atoms with van der Waals surface area (Å²) in [6.45, 7) is 9.88. The zero-order valence-electron chi connectivity index (χ0n) is 21.4. The summed E-state index contributed by atoms with van der Waals surface area (Å²) in [5.41, 5.74) is 0.493. The fraction of sp³-hybridized carbons (Fsp3) is 1.00. The molecular formula is C29H50N2O2. The molecule has 6 rings (SSSR count). The predicted molar refractivity (Wildman–Crippen MR) is 133 cm³/mol. The summed E-state index contributed by atoms with van der Waals surface area (Å²) in [5, 5.41) is 22.8. The van der Waals surface area contributed by atoms with Crippen molar-refractivity contribution in [3.63, 3.8) is 0 Å². The molecule has 0 amide bonds. The smallest absolute Gasteiger partial charge is 0.0751 e. The van der Waals surface area contributed by atoms with Gasteiger partial charge in [0.25, 0.3) is 0 Å². The van der Waals surface area contributed by atoms with Crippen molar-refractivity contribution in [2.75, 3.05) is 26.2 Å². The van der Waals surface area contributed by atoms with E-state index in [0.717, 1.165) is 18.3 Å². The summed E-state index contributed by atoms with van der Waals surface area (Å²) in [5.74, 6) is 2.97. The average molecular weight is 459 g/mol. The van der Waals surface area contributed by atoms with Crippen LogP contribution in [0.1, 0.15) is 97.3 Å². The molecule has 2 aliphatic heterocycles. The SMILES string of the molecule is C[C@]12C[C@H](N3CCCCC3)[C@H](O)C[C@H]1CC[C@@H]1[C@@H]2CC[C@]2(C)[C@@H](O)[C@H](N3CCCCC3)C[C@@H]12. The first kappa shape index (κ1) is 23.3. The standard InChI is InChI=1S/C29H50N2O2/c1-28-12-11-22-21(23(28)18-24(27(28)33)30-13-5-3-6-14-30)10-9-20-17-26(32)25(19-29(20,22)2)31-15-7-4-8-16-31/h20-27,32-33H,3-19H2,1-2H3/t20-,21-,22+,23+,24-,25+,26-,27+,28+,29+/m1/s1. The number of nitrogens with zero attached hydrogens (tertiary/aromatic N) is 2. The van der Waals surface area contributed by atoms with Crippen molar-refractivity contribution in [2.24, 2.45) is 34.5 Å². The average Bonchev–Trinajstić information content (AvgIpc) is 3.11. The molecule has 2 saturated heterocycles. The first-order chi connectivity index (χ1) is 15.9. The van der Waals surface area contributed by atoms with Crippen molar-refractivity contribution in [2.45, 2.75) is 122 Å². The van der Waals surface area contributed by atoms with Crippen LogP contribution in [-0.4, -0.2) is 70.5 Å². The second-order valence-corrected chi connectivity index (χ2v) is 13.7. The summed E-state index contributed by atoms with van der Waals surface area (Å²) in [7, 11) is 0. The third kappa shape index (κ3) is 3.67. The van der Waals surface area contributed by atoms with Gasteiger partial charge in [-0.1, -0.05) is 26.7 Å². The van der Waals surface area contributed by atoms with Gasteiger partial charge in [-0.2, -0.15) is 0 Å². The number of aliphatic hydroxyl groups excluding tert-OH is 2. The maximum Gasteiger partial charge on any atom is 0.0751 e. The molecule has 33 heavy (non-hydrogen) atoms. The molecule has 0 radical (unpaired) electrons. The van der Waals surface area contributed by atoms with E-state index in [2.05, 4.69) is 23.6 Å². The maximum atomic E-state index is 11.6. The van der Waals surface area contributed by atoms with Crippen LogP contribution in [-0.2, 0) is 0 Å². The maximum absolute atomic E-state index is 11.6. The van der Waals surface area contributed by atoms with Gasteiger partial charge in [-0.3, -0.25) is 9.80 Å². The van der Waals surface area contributed by atoms with Gasteiger partial charge in [-0.25, -0.2) is 0 Å². The molecule has 10 atom stereocenters. The van der Waals surface area contributed by atoms with E-state index >= 15 is 0 Å². The zero-order valence-corrected chi connectivity index (χ0v) is 21.4. The molecule has 4 saturated carbocycles. The molecule has 0 aromatic heterocycles. The Labute approximate surface area is 202 Å². The largest absolute Gasteiger partial charge is 0.391 e. The Balaban J connectivity index is 1.24. The number of rotatable bonds is 2. The van der Waals surface area contributed by atoms with Crippen LogP contribution in [0.15, 0.2) is 0 Å². The van der Waals surface area contributed by atoms with E-state index in [0.29, 0.717) is 29.3 Å². The van der Waals surface area contributed by atoms with E-state index in [1.165, 1.54) is 103 Å². The van der Waals surface area contributed by atoms with Crippen molar-refractivity contribution in [1.82, 2.24) is 9.80 Å². The molecule has 2 N–H and O–H groups in total. The highest BCUT2D eigenvalue weighted by molar-refractivity contribution is 5.14. The van der Waals surface area contributed by atoms with Gasteiger partial charge in [0, 0.05) is 12.1 Å². The number of likely N-dealkylation sites (tertiary alicyclic amines) is 2. The highest BCUT2D eigenvalue weighted by Crippen LogP contribution is 2.66. The van der Waals surface area contributed by atoms with E-state index in [-0.39, 0.29) is 17.6 Å². The Morgan fingerprint density at radius 3 is 1.97 bits per heavy atom. The minimum atomic E-state index is -0.138. The second kappa shape index (κ2) is 8.75. The van der Waals surface area contributed by atoms with Crippen molar-refractivity contribution in [1.29, 1.82) is 0 Å². The van der Waals surface area contributed by atoms with Gasteiger partial charge in [-0.15, -0.1) is 0 Å². The van der Waals surface area contributed by atoms with Crippen molar-refractivity contribution in [3.8, 4) is 0 Å². The lowest BCUT2D eigenvalue weighted by Gasteiger charge is -2.62. The Bertz CT molecular complexity index is 704. The first-order valence-electron chi connectivity index (χ1n) is 14.8. The summed E-state index contributed by atoms with van der Waals surface area (Å²) in [4.78, 5) is 5.33. The van der Waals surface area contributed by atoms with Gasteiger partial charge < -0.3 is 10.2 Å². The van der Waals surface area contributed by atoms with Crippen LogP contribution in [0.2, 0.25) is 0 Å². The van der Waals surface area contributed by atoms with Gasteiger partial charge >= 0.3 is 0 Å². The lowest BCUT2D eigenvalue weighted by molar-refractivity contribution is -0.154. The molecule has 0 unspecified atom stereocenters. The van der Waals surface area contributed by atoms with Gasteiger partial charge in [-0.05, 0) is 131 Å². The molecule has 0 bridgehead atoms. The van der Waals surface area contributed by atoms with Gasteiger partial charge in [0.2, 0.25) is 0 Å². The van der Waals surface area contributed by atoms with Gasteiger partial charge in [0.1, 0.15) is 0 Å². The highest BCUT2D eigenvalue weighted by Gasteiger charge is 2.63. The number of hydrogen-bond acceptors (Lipinski definition) is 4. The topological polar surface area (TPSA) is 46.9 Å². The third-order valence-corrected chi connectivity index (χ3v) is 12.4. The number of aliphatic hydroxyl groups is 2. The quantitative estimate of drug-likeness (QED) is 0.631. The van der Waals surface area contributed by atoms with Crippen molar-refractivity contribution >= 4 is 0 Å². The molecule has 0 spiro atoms. The van der Waals surface area contributed by atoms with Crippen LogP contribution in [0, 0.1) is 34.5 Å². The fourth-order valence-corrected chi connectivity index (χ4v) is 10.5. The first-order valence-corrected chi connectivity index (χ1v) is 14.8. The minimum absolute atomic E-state index is 0.118. The zero-order chi connectivity index (χ0) is 22.8. The predicted octanol–water partition coefficient (Wildman–Crippen LogP) is 4.68. The van der Waals surface area contributed by atoms with E-state index in [1.54, 1.807) is 0 Å². The van der Waals surface area contributed by atoms with Crippen LogP contribution >= 0.6 is 0 Å². The van der Waals surface area contributed by atoms with Crippen molar-refractivity contribution < 1.29 is 10.2 Å². The lowest BCUT2D eigenvalue weighted by atomic mass is 9.44. The highest BCUT2D eigenvalue weighted by atomic mass is 16.3. The Hall–Kier alpha value is -0.160. The Morgan fingerprint density at radius 1 is 0.667 bits per heavy atom. The molecule has 6 aliphatic rings. The second-order valence-electron chi connectivity index (χ2n) is 13.7. The number of piperidine rings is 2. The number of hydrogen-bond donors (Lipinski definition) is 2. The number of fused-ring (bicyclic) bond motifs is 5. The van der Waals surface area contributed by atoms with Crippen LogP contribution < -0.4 is 0 Å². The third-order valence-electron chi connectivity index (χ3n) is 12.4. The molecular weight excluding hydrogens is 408 g/mol. The van der Waals surface area contributed by atoms with E-state index in [4.69, 9.17) is 0 Å². The molecule has 188 valence electrons. The Kier molecular flexibility index (Phi) is 6.16. The van der Waals surface area contributed by atoms with E-state index < -0.39 is 0 Å². The van der Waals surface area contributed by atoms with Crippen LogP contribution in [0.5, 0.6) is 0 Å². The molecule has 2 heterocycles. The molecule has 4 heteroatoms. The fourth-order valence-electron chi connectivity index (χ4n) is 10.5. The molecule has 0 aromatic rings. The van der Waals surface area contributed by atoms with Gasteiger partial charge in [0.05, 0.1) is 12.2 Å². The molecule has 6 fully saturated rings. The van der Waals surface area contributed by atoms with Crippen molar-refractivity contribution in [3.05, 3.63) is 0 Å². The molecule has 0 aromatic carbocycles. The van der Waals surface area contributed by atoms with Gasteiger partial charge in [0.15, 0.2) is 0 Å². The summed E-state index contributed by atoms with van der Waals surface area (Å²) in [6, 6.07) is 0.785. The Morgan fingerprint density at radius 2 is 1.30 bits per heavy atom. The lowest BCUT2D eigenvalue weighted by Crippen LogP contribution is -2.60. The summed E-state index contributed by atoms with van der Waals surface area (Å²) in [6.07, 6.45) is 16.4. The van der Waals surface area contributed by atoms with Crippen LogP contribution in [0.25, 0.3) is 0 Å². The van der Waals surface area contributed by atoms with Crippen LogP contribution in [0.4, 0.5) is 0 Å². The molecule has 4 nitrogen and oxygen atoms in total. The normalized spacial score (nSPS) is 53.8. The van der Waals surface area contributed by atoms with E-state index in [9.17, 15) is 10.2 Å². The monoisotopic (exact) mass is 458 g/mol. The van der Waals surface area contributed by atoms with E-state index in [1.807, 2.05) is 0 Å². The van der Waals surface area contributed by atoms with Crippen LogP contribution in [0.3, 0.4) is 0 Å². The summed E-state index contributed by atoms with van der Waals surface area (Å²) < 4.78 is 0. The molecule has 4 aliphatic carbocycles.